The molecule has 0 atom stereocenters. The molecule has 1 aromatic carbocycles. The van der Waals surface area contributed by atoms with Crippen molar-refractivity contribution >= 4 is 23.8 Å². The van der Waals surface area contributed by atoms with Crippen LogP contribution in [0.15, 0.2) is 18.2 Å². The van der Waals surface area contributed by atoms with Crippen LogP contribution in [0.2, 0.25) is 0 Å². The number of nitrogens with zero attached hydrogens (tertiary/aromatic N) is 1. The Bertz CT molecular complexity index is 407. The van der Waals surface area contributed by atoms with Gasteiger partial charge in [-0.2, -0.15) is 0 Å². The minimum absolute atomic E-state index is 0. The Labute approximate surface area is 105 Å². The number of benzene rings is 1. The summed E-state index contributed by atoms with van der Waals surface area (Å²) in [7, 11) is 0. The molecule has 1 rings (SSSR count). The molecule has 7 heteroatoms. The molecule has 0 bridgehead atoms. The normalized spacial score (nSPS) is 10.6. The second-order valence-electron chi connectivity index (χ2n) is 4.26. The number of anilines is 1. The topological polar surface area (TPSA) is 81.2 Å². The van der Waals surface area contributed by atoms with Crippen molar-refractivity contribution in [1.82, 2.24) is 0 Å². The van der Waals surface area contributed by atoms with Gasteiger partial charge in [-0.05, 0) is 19.9 Å². The maximum absolute atomic E-state index is 13.4. The van der Waals surface area contributed by atoms with Crippen LogP contribution >= 0.6 is 12.4 Å². The van der Waals surface area contributed by atoms with E-state index < -0.39 is 16.3 Å². The van der Waals surface area contributed by atoms with Crippen molar-refractivity contribution in [3.63, 3.8) is 0 Å². The molecule has 0 saturated carbocycles. The molecule has 0 unspecified atom stereocenters. The quantitative estimate of drug-likeness (QED) is 0.645. The lowest BCUT2D eigenvalue weighted by molar-refractivity contribution is -0.385. The van der Waals surface area contributed by atoms with Gasteiger partial charge in [0.25, 0.3) is 5.69 Å². The predicted octanol–water partition coefficient (Wildman–Crippen LogP) is 2.30. The fourth-order valence-corrected chi connectivity index (χ4v) is 1.08. The summed E-state index contributed by atoms with van der Waals surface area (Å²) in [5, 5.41) is 13.2. The Kier molecular flexibility index (Phi) is 5.31. The van der Waals surface area contributed by atoms with E-state index in [1.165, 1.54) is 12.1 Å². The lowest BCUT2D eigenvalue weighted by Gasteiger charge is -2.19. The third-order valence-electron chi connectivity index (χ3n) is 1.90. The van der Waals surface area contributed by atoms with E-state index in [2.05, 4.69) is 5.32 Å². The summed E-state index contributed by atoms with van der Waals surface area (Å²) in [6.45, 7) is 3.97. The van der Waals surface area contributed by atoms with Crippen LogP contribution in [0.4, 0.5) is 15.8 Å². The van der Waals surface area contributed by atoms with E-state index in [1.807, 2.05) is 0 Å². The van der Waals surface area contributed by atoms with Gasteiger partial charge in [-0.1, -0.05) is 0 Å². The zero-order chi connectivity index (χ0) is 12.3. The van der Waals surface area contributed by atoms with Gasteiger partial charge < -0.3 is 11.1 Å². The first kappa shape index (κ1) is 15.6. The summed E-state index contributed by atoms with van der Waals surface area (Å²) in [6.07, 6.45) is 0. The number of nitrogens with one attached hydrogen (secondary N) is 1. The molecule has 0 amide bonds. The standard InChI is InChI=1S/C10H14FN3O2.ClH/c1-10(2,12)6-13-9-4-3-7(14(15)16)5-8(9)11;/h3-5,13H,6,12H2,1-2H3;1H. The highest BCUT2D eigenvalue weighted by molar-refractivity contribution is 5.85. The molecule has 0 saturated heterocycles. The molecule has 5 nitrogen and oxygen atoms in total. The molecule has 0 aliphatic heterocycles. The zero-order valence-corrected chi connectivity index (χ0v) is 10.4. The van der Waals surface area contributed by atoms with E-state index in [0.717, 1.165) is 6.07 Å². The number of nitro groups is 1. The molecule has 17 heavy (non-hydrogen) atoms. The van der Waals surface area contributed by atoms with Gasteiger partial charge in [-0.25, -0.2) is 4.39 Å². The highest BCUT2D eigenvalue weighted by atomic mass is 35.5. The summed E-state index contributed by atoms with van der Waals surface area (Å²) in [5.41, 5.74) is 5.18. The van der Waals surface area contributed by atoms with Gasteiger partial charge >= 0.3 is 0 Å². The summed E-state index contributed by atoms with van der Waals surface area (Å²) < 4.78 is 13.4. The summed E-state index contributed by atoms with van der Waals surface area (Å²) in [5.74, 6) is -0.654. The molecule has 1 aromatic rings. The first-order chi connectivity index (χ1) is 7.29. The Hall–Kier alpha value is -1.40. The maximum Gasteiger partial charge on any atom is 0.272 e. The number of hydrogen-bond acceptors (Lipinski definition) is 4. The number of nitrogens with two attached hydrogens (primary N) is 1. The van der Waals surface area contributed by atoms with Gasteiger partial charge in [0.1, 0.15) is 0 Å². The average molecular weight is 264 g/mol. The third-order valence-corrected chi connectivity index (χ3v) is 1.90. The first-order valence-electron chi connectivity index (χ1n) is 4.76. The minimum atomic E-state index is -0.654. The van der Waals surface area contributed by atoms with Crippen LogP contribution in [-0.2, 0) is 0 Å². The number of rotatable bonds is 4. The van der Waals surface area contributed by atoms with Crippen molar-refractivity contribution in [2.75, 3.05) is 11.9 Å². The molecule has 0 aromatic heterocycles. The van der Waals surface area contributed by atoms with Crippen molar-refractivity contribution in [1.29, 1.82) is 0 Å². The fourth-order valence-electron chi connectivity index (χ4n) is 1.08. The van der Waals surface area contributed by atoms with Crippen molar-refractivity contribution < 1.29 is 9.31 Å². The van der Waals surface area contributed by atoms with Crippen LogP contribution in [-0.4, -0.2) is 17.0 Å². The maximum atomic E-state index is 13.4. The van der Waals surface area contributed by atoms with E-state index >= 15 is 0 Å². The van der Waals surface area contributed by atoms with Crippen molar-refractivity contribution in [3.8, 4) is 0 Å². The number of halogens is 2. The molecule has 0 fully saturated rings. The molecular formula is C10H15ClFN3O2. The molecule has 0 radical (unpaired) electrons. The monoisotopic (exact) mass is 263 g/mol. The molecular weight excluding hydrogens is 249 g/mol. The highest BCUT2D eigenvalue weighted by Crippen LogP contribution is 2.20. The van der Waals surface area contributed by atoms with E-state index in [1.54, 1.807) is 13.8 Å². The Balaban J connectivity index is 0.00000256. The lowest BCUT2D eigenvalue weighted by Crippen LogP contribution is -2.39. The van der Waals surface area contributed by atoms with Gasteiger partial charge in [0.2, 0.25) is 0 Å². The molecule has 96 valence electrons. The van der Waals surface area contributed by atoms with E-state index in [9.17, 15) is 14.5 Å². The number of nitro benzene ring substituents is 1. The fraction of sp³-hybridized carbons (Fsp3) is 0.400. The van der Waals surface area contributed by atoms with Crippen LogP contribution in [0, 0.1) is 15.9 Å². The minimum Gasteiger partial charge on any atom is -0.381 e. The van der Waals surface area contributed by atoms with Gasteiger partial charge in [-0.15, -0.1) is 12.4 Å². The summed E-state index contributed by atoms with van der Waals surface area (Å²) in [6, 6.07) is 3.46. The van der Waals surface area contributed by atoms with Gasteiger partial charge in [0, 0.05) is 18.2 Å². The van der Waals surface area contributed by atoms with Gasteiger partial charge in [0.15, 0.2) is 5.82 Å². The molecule has 3 N–H and O–H groups in total. The van der Waals surface area contributed by atoms with Crippen molar-refractivity contribution in [2.24, 2.45) is 5.73 Å². The van der Waals surface area contributed by atoms with Crippen LogP contribution in [0.1, 0.15) is 13.8 Å². The zero-order valence-electron chi connectivity index (χ0n) is 9.57. The van der Waals surface area contributed by atoms with E-state index in [4.69, 9.17) is 5.73 Å². The van der Waals surface area contributed by atoms with Crippen LogP contribution in [0.3, 0.4) is 0 Å². The first-order valence-corrected chi connectivity index (χ1v) is 4.76. The average Bonchev–Trinajstić information content (AvgIpc) is 2.14. The second kappa shape index (κ2) is 5.79. The second-order valence-corrected chi connectivity index (χ2v) is 4.26. The number of hydrogen-bond donors (Lipinski definition) is 2. The molecule has 0 aliphatic rings. The van der Waals surface area contributed by atoms with E-state index in [-0.39, 0.29) is 23.8 Å². The number of non-ortho nitro benzene ring substituents is 1. The van der Waals surface area contributed by atoms with Crippen molar-refractivity contribution in [2.45, 2.75) is 19.4 Å². The molecule has 0 heterocycles. The third kappa shape index (κ3) is 4.97. The SMILES string of the molecule is CC(C)(N)CNc1ccc([N+](=O)[O-])cc1F.Cl. The van der Waals surface area contributed by atoms with Crippen LogP contribution < -0.4 is 11.1 Å². The van der Waals surface area contributed by atoms with Crippen LogP contribution in [0.5, 0.6) is 0 Å². The predicted molar refractivity (Wildman–Crippen MR) is 67.1 cm³/mol. The Morgan fingerprint density at radius 3 is 2.53 bits per heavy atom. The highest BCUT2D eigenvalue weighted by Gasteiger charge is 2.14. The Morgan fingerprint density at radius 1 is 1.53 bits per heavy atom. The van der Waals surface area contributed by atoms with E-state index in [0.29, 0.717) is 6.54 Å². The largest absolute Gasteiger partial charge is 0.381 e. The molecule has 0 spiro atoms. The van der Waals surface area contributed by atoms with Crippen molar-refractivity contribution in [3.05, 3.63) is 34.1 Å². The smallest absolute Gasteiger partial charge is 0.272 e. The lowest BCUT2D eigenvalue weighted by atomic mass is 10.1. The summed E-state index contributed by atoms with van der Waals surface area (Å²) >= 11 is 0. The molecule has 0 aliphatic carbocycles. The van der Waals surface area contributed by atoms with Crippen LogP contribution in [0.25, 0.3) is 0 Å². The Morgan fingerprint density at radius 2 is 2.12 bits per heavy atom. The van der Waals surface area contributed by atoms with Gasteiger partial charge in [0.05, 0.1) is 16.7 Å². The van der Waals surface area contributed by atoms with Gasteiger partial charge in [-0.3, -0.25) is 10.1 Å². The summed E-state index contributed by atoms with van der Waals surface area (Å²) in [4.78, 5) is 9.74.